The monoisotopic (exact) mass is 264 g/mol. The summed E-state index contributed by atoms with van der Waals surface area (Å²) in [7, 11) is 1.72. The third-order valence-corrected chi connectivity index (χ3v) is 3.55. The summed E-state index contributed by atoms with van der Waals surface area (Å²) in [5.41, 5.74) is 3.76. The van der Waals surface area contributed by atoms with E-state index in [1.807, 2.05) is 0 Å². The number of hydrogen-bond acceptors (Lipinski definition) is 4. The molecular weight excluding hydrogens is 240 g/mol. The van der Waals surface area contributed by atoms with Crippen LogP contribution in [0, 0.1) is 13.8 Å². The number of methoxy groups -OCH3 is 1. The second-order valence-electron chi connectivity index (χ2n) is 5.08. The van der Waals surface area contributed by atoms with Gasteiger partial charge in [0.05, 0.1) is 19.8 Å². The molecule has 2 N–H and O–H groups in total. The molecule has 1 aromatic carbocycles. The van der Waals surface area contributed by atoms with Crippen LogP contribution in [0.5, 0.6) is 5.75 Å². The van der Waals surface area contributed by atoms with Crippen LogP contribution in [0.25, 0.3) is 0 Å². The summed E-state index contributed by atoms with van der Waals surface area (Å²) in [4.78, 5) is 0. The van der Waals surface area contributed by atoms with E-state index in [1.165, 1.54) is 16.7 Å². The Morgan fingerprint density at radius 3 is 2.89 bits per heavy atom. The second-order valence-corrected chi connectivity index (χ2v) is 5.08. The number of hydrogen-bond donors (Lipinski definition) is 2. The molecule has 1 aliphatic rings. The Balaban J connectivity index is 1.86. The van der Waals surface area contributed by atoms with Crippen molar-refractivity contribution in [2.45, 2.75) is 26.5 Å². The van der Waals surface area contributed by atoms with Crippen molar-refractivity contribution >= 4 is 0 Å². The molecule has 1 heterocycles. The van der Waals surface area contributed by atoms with Gasteiger partial charge in [0.15, 0.2) is 0 Å². The zero-order chi connectivity index (χ0) is 13.7. The lowest BCUT2D eigenvalue weighted by atomic mass is 10.0. The molecule has 1 fully saturated rings. The Morgan fingerprint density at radius 2 is 2.21 bits per heavy atom. The Kier molecular flexibility index (Phi) is 5.19. The molecule has 1 aliphatic heterocycles. The Hall–Kier alpha value is -1.10. The lowest BCUT2D eigenvalue weighted by molar-refractivity contribution is 0.0290. The van der Waals surface area contributed by atoms with Gasteiger partial charge in [-0.3, -0.25) is 0 Å². The molecule has 0 bridgehead atoms. The van der Waals surface area contributed by atoms with Crippen LogP contribution in [0.3, 0.4) is 0 Å². The van der Waals surface area contributed by atoms with Gasteiger partial charge in [-0.15, -0.1) is 0 Å². The number of nitrogens with one attached hydrogen (secondary N) is 2. The average Bonchev–Trinajstić information content (AvgIpc) is 2.43. The molecule has 0 aliphatic carbocycles. The third-order valence-electron chi connectivity index (χ3n) is 3.55. The van der Waals surface area contributed by atoms with E-state index < -0.39 is 0 Å². The van der Waals surface area contributed by atoms with E-state index in [-0.39, 0.29) is 6.10 Å². The summed E-state index contributed by atoms with van der Waals surface area (Å²) in [6, 6.07) is 4.30. The van der Waals surface area contributed by atoms with Crippen LogP contribution in [0.1, 0.15) is 16.7 Å². The highest BCUT2D eigenvalue weighted by Crippen LogP contribution is 2.22. The summed E-state index contributed by atoms with van der Waals surface area (Å²) in [6.07, 6.45) is 0.286. The molecule has 0 saturated carbocycles. The third kappa shape index (κ3) is 3.93. The fourth-order valence-electron chi connectivity index (χ4n) is 2.38. The van der Waals surface area contributed by atoms with Crippen molar-refractivity contribution in [1.82, 2.24) is 10.6 Å². The van der Waals surface area contributed by atoms with Gasteiger partial charge in [-0.1, -0.05) is 6.07 Å². The van der Waals surface area contributed by atoms with Crippen LogP contribution < -0.4 is 15.4 Å². The standard InChI is InChI=1S/C15H24N2O2/c1-11-7-15(18-3)12(2)6-13(11)8-17-10-14-9-16-4-5-19-14/h6-7,14,16-17H,4-5,8-10H2,1-3H3. The first-order valence-electron chi connectivity index (χ1n) is 6.88. The molecule has 1 saturated heterocycles. The van der Waals surface area contributed by atoms with Gasteiger partial charge in [-0.05, 0) is 36.6 Å². The molecule has 4 heteroatoms. The normalized spacial score (nSPS) is 19.4. The Morgan fingerprint density at radius 1 is 1.37 bits per heavy atom. The van der Waals surface area contributed by atoms with Crippen LogP contribution >= 0.6 is 0 Å². The largest absolute Gasteiger partial charge is 0.496 e. The number of rotatable bonds is 5. The van der Waals surface area contributed by atoms with Gasteiger partial charge in [0.1, 0.15) is 5.75 Å². The summed E-state index contributed by atoms with van der Waals surface area (Å²) >= 11 is 0. The minimum Gasteiger partial charge on any atom is -0.496 e. The maximum absolute atomic E-state index is 5.66. The second kappa shape index (κ2) is 6.89. The first kappa shape index (κ1) is 14.3. The molecule has 19 heavy (non-hydrogen) atoms. The Bertz CT molecular complexity index is 415. The fourth-order valence-corrected chi connectivity index (χ4v) is 2.38. The van der Waals surface area contributed by atoms with E-state index in [1.54, 1.807) is 7.11 Å². The molecule has 0 spiro atoms. The van der Waals surface area contributed by atoms with Gasteiger partial charge in [-0.2, -0.15) is 0 Å². The van der Waals surface area contributed by atoms with Gasteiger partial charge in [0, 0.05) is 26.2 Å². The predicted octanol–water partition coefficient (Wildman–Crippen LogP) is 1.39. The van der Waals surface area contributed by atoms with E-state index in [0.717, 1.165) is 38.5 Å². The predicted molar refractivity (Wildman–Crippen MR) is 76.8 cm³/mol. The van der Waals surface area contributed by atoms with Gasteiger partial charge >= 0.3 is 0 Å². The average molecular weight is 264 g/mol. The zero-order valence-corrected chi connectivity index (χ0v) is 12.1. The highest BCUT2D eigenvalue weighted by atomic mass is 16.5. The van der Waals surface area contributed by atoms with Gasteiger partial charge < -0.3 is 20.1 Å². The van der Waals surface area contributed by atoms with Gasteiger partial charge in [0.25, 0.3) is 0 Å². The summed E-state index contributed by atoms with van der Waals surface area (Å²) < 4.78 is 11.0. The van der Waals surface area contributed by atoms with Gasteiger partial charge in [0.2, 0.25) is 0 Å². The Labute approximate surface area is 115 Å². The molecule has 0 radical (unpaired) electrons. The first-order valence-corrected chi connectivity index (χ1v) is 6.88. The van der Waals surface area contributed by atoms with Crippen LogP contribution in [-0.4, -0.2) is 39.5 Å². The van der Waals surface area contributed by atoms with Crippen LogP contribution in [0.2, 0.25) is 0 Å². The van der Waals surface area contributed by atoms with E-state index >= 15 is 0 Å². The minimum absolute atomic E-state index is 0.286. The lowest BCUT2D eigenvalue weighted by Gasteiger charge is -2.24. The molecule has 106 valence electrons. The maximum atomic E-state index is 5.66. The quantitative estimate of drug-likeness (QED) is 0.843. The minimum atomic E-state index is 0.286. The summed E-state index contributed by atoms with van der Waals surface area (Å²) in [5.74, 6) is 0.959. The van der Waals surface area contributed by atoms with E-state index in [4.69, 9.17) is 9.47 Å². The van der Waals surface area contributed by atoms with Crippen molar-refractivity contribution in [3.05, 3.63) is 28.8 Å². The van der Waals surface area contributed by atoms with E-state index in [2.05, 4.69) is 36.6 Å². The molecule has 2 rings (SSSR count). The highest BCUT2D eigenvalue weighted by molar-refractivity contribution is 5.41. The molecule has 4 nitrogen and oxygen atoms in total. The van der Waals surface area contributed by atoms with Crippen molar-refractivity contribution < 1.29 is 9.47 Å². The summed E-state index contributed by atoms with van der Waals surface area (Å²) in [5, 5.41) is 6.81. The highest BCUT2D eigenvalue weighted by Gasteiger charge is 2.12. The SMILES string of the molecule is COc1cc(C)c(CNCC2CNCCO2)cc1C. The number of morpholine rings is 1. The van der Waals surface area contributed by atoms with Crippen molar-refractivity contribution in [2.24, 2.45) is 0 Å². The number of ether oxygens (including phenoxy) is 2. The van der Waals surface area contributed by atoms with Crippen LogP contribution in [-0.2, 0) is 11.3 Å². The van der Waals surface area contributed by atoms with Crippen molar-refractivity contribution in [2.75, 3.05) is 33.4 Å². The zero-order valence-electron chi connectivity index (χ0n) is 12.1. The molecule has 0 aromatic heterocycles. The van der Waals surface area contributed by atoms with E-state index in [0.29, 0.717) is 0 Å². The topological polar surface area (TPSA) is 42.5 Å². The molecule has 1 unspecified atom stereocenters. The number of aryl methyl sites for hydroxylation is 2. The van der Waals surface area contributed by atoms with Gasteiger partial charge in [-0.25, -0.2) is 0 Å². The fraction of sp³-hybridized carbons (Fsp3) is 0.600. The lowest BCUT2D eigenvalue weighted by Crippen LogP contribution is -2.43. The first-order chi connectivity index (χ1) is 9.20. The van der Waals surface area contributed by atoms with Crippen LogP contribution in [0.15, 0.2) is 12.1 Å². The van der Waals surface area contributed by atoms with E-state index in [9.17, 15) is 0 Å². The van der Waals surface area contributed by atoms with Crippen molar-refractivity contribution in [3.63, 3.8) is 0 Å². The molecule has 0 amide bonds. The molecule has 1 atom stereocenters. The number of benzene rings is 1. The van der Waals surface area contributed by atoms with Crippen LogP contribution in [0.4, 0.5) is 0 Å². The molecule has 1 aromatic rings. The molecular formula is C15H24N2O2. The maximum Gasteiger partial charge on any atom is 0.122 e. The smallest absolute Gasteiger partial charge is 0.122 e. The van der Waals surface area contributed by atoms with Crippen molar-refractivity contribution in [3.8, 4) is 5.75 Å². The van der Waals surface area contributed by atoms with Crippen molar-refractivity contribution in [1.29, 1.82) is 0 Å². The summed E-state index contributed by atoms with van der Waals surface area (Å²) in [6.45, 7) is 8.68.